The van der Waals surface area contributed by atoms with E-state index in [4.69, 9.17) is 4.74 Å². The third kappa shape index (κ3) is 3.10. The standard InChI is InChI=1S/C12H12F3N3O3S2/c1-23(20)11-16-7-8(22-11)17-10(12(13,14)15)18(9(7)19)6-2-4-21-5-3-6/h6H,2-5H2,1H3. The molecule has 1 aliphatic rings. The summed E-state index contributed by atoms with van der Waals surface area (Å²) in [5.74, 6) is -1.24. The van der Waals surface area contributed by atoms with E-state index in [2.05, 4.69) is 9.97 Å². The molecule has 23 heavy (non-hydrogen) atoms. The smallest absolute Gasteiger partial charge is 0.449 e. The Morgan fingerprint density at radius 3 is 2.57 bits per heavy atom. The van der Waals surface area contributed by atoms with Crippen LogP contribution in [0.4, 0.5) is 13.2 Å². The Kier molecular flexibility index (Phi) is 4.38. The van der Waals surface area contributed by atoms with Gasteiger partial charge in [0.05, 0.1) is 0 Å². The van der Waals surface area contributed by atoms with Crippen molar-refractivity contribution in [2.45, 2.75) is 29.4 Å². The zero-order valence-corrected chi connectivity index (χ0v) is 13.6. The van der Waals surface area contributed by atoms with Crippen molar-refractivity contribution in [3.63, 3.8) is 0 Å². The maximum absolute atomic E-state index is 13.3. The first kappa shape index (κ1) is 16.7. The second-order valence-corrected chi connectivity index (χ2v) is 7.57. The predicted octanol–water partition coefficient (Wildman–Crippen LogP) is 1.96. The number of aromatic nitrogens is 3. The molecule has 2 aromatic heterocycles. The first-order chi connectivity index (χ1) is 10.8. The lowest BCUT2D eigenvalue weighted by atomic mass is 10.1. The lowest BCUT2D eigenvalue weighted by molar-refractivity contribution is -0.149. The number of alkyl halides is 3. The third-order valence-electron chi connectivity index (χ3n) is 3.50. The van der Waals surface area contributed by atoms with Gasteiger partial charge in [0.2, 0.25) is 5.82 Å². The number of hydrogen-bond donors (Lipinski definition) is 0. The van der Waals surface area contributed by atoms with Crippen LogP contribution in [0.25, 0.3) is 10.3 Å². The molecule has 0 aromatic carbocycles. The lowest BCUT2D eigenvalue weighted by Gasteiger charge is -2.26. The van der Waals surface area contributed by atoms with Crippen LogP contribution in [0.1, 0.15) is 24.7 Å². The zero-order chi connectivity index (χ0) is 16.8. The van der Waals surface area contributed by atoms with E-state index in [-0.39, 0.29) is 27.9 Å². The molecule has 0 spiro atoms. The van der Waals surface area contributed by atoms with Crippen LogP contribution in [-0.2, 0) is 22.1 Å². The van der Waals surface area contributed by atoms with Crippen LogP contribution in [-0.4, -0.2) is 38.6 Å². The fourth-order valence-electron chi connectivity index (χ4n) is 2.47. The van der Waals surface area contributed by atoms with Crippen molar-refractivity contribution in [2.75, 3.05) is 19.5 Å². The minimum Gasteiger partial charge on any atom is -0.610 e. The molecule has 3 heterocycles. The maximum atomic E-state index is 13.3. The Morgan fingerprint density at radius 1 is 1.35 bits per heavy atom. The van der Waals surface area contributed by atoms with Crippen LogP contribution in [0.3, 0.4) is 0 Å². The average Bonchev–Trinajstić information content (AvgIpc) is 2.92. The van der Waals surface area contributed by atoms with Crippen molar-refractivity contribution < 1.29 is 22.5 Å². The first-order valence-corrected chi connectivity index (χ1v) is 9.08. The van der Waals surface area contributed by atoms with Gasteiger partial charge < -0.3 is 9.29 Å². The molecular formula is C12H12F3N3O3S2. The largest absolute Gasteiger partial charge is 0.610 e. The Hall–Kier alpha value is -1.17. The van der Waals surface area contributed by atoms with E-state index in [9.17, 15) is 22.5 Å². The molecule has 0 amide bonds. The Balaban J connectivity index is 2.26. The molecule has 0 radical (unpaired) electrons. The van der Waals surface area contributed by atoms with Gasteiger partial charge in [-0.2, -0.15) is 18.2 Å². The summed E-state index contributed by atoms with van der Waals surface area (Å²) in [4.78, 5) is 19.9. The van der Waals surface area contributed by atoms with E-state index in [1.165, 1.54) is 6.26 Å². The summed E-state index contributed by atoms with van der Waals surface area (Å²) >= 11 is -0.746. The lowest BCUT2D eigenvalue weighted by Crippen LogP contribution is -2.35. The van der Waals surface area contributed by atoms with Gasteiger partial charge in [-0.05, 0) is 24.2 Å². The second-order valence-electron chi connectivity index (χ2n) is 5.04. The molecule has 11 heteroatoms. The number of thiazole rings is 1. The number of rotatable bonds is 2. The van der Waals surface area contributed by atoms with Gasteiger partial charge in [0.1, 0.15) is 6.26 Å². The van der Waals surface area contributed by atoms with Crippen molar-refractivity contribution >= 4 is 32.9 Å². The minimum atomic E-state index is -4.76. The van der Waals surface area contributed by atoms with Crippen molar-refractivity contribution in [3.05, 3.63) is 16.2 Å². The second kappa shape index (κ2) is 6.04. The van der Waals surface area contributed by atoms with Crippen LogP contribution < -0.4 is 5.56 Å². The SMILES string of the molecule is C[S+]([O-])c1nc2c(=O)n(C3CCOCC3)c(C(F)(F)F)nc2s1. The Morgan fingerprint density at radius 2 is 2.00 bits per heavy atom. The van der Waals surface area contributed by atoms with E-state index in [1.807, 2.05) is 0 Å². The molecule has 6 nitrogen and oxygen atoms in total. The molecule has 1 atom stereocenters. The molecule has 2 aromatic rings. The average molecular weight is 367 g/mol. The maximum Gasteiger partial charge on any atom is 0.449 e. The van der Waals surface area contributed by atoms with Gasteiger partial charge >= 0.3 is 10.5 Å². The van der Waals surface area contributed by atoms with Crippen LogP contribution in [0.5, 0.6) is 0 Å². The molecule has 0 saturated carbocycles. The number of ether oxygens (including phenoxy) is 1. The van der Waals surface area contributed by atoms with E-state index in [0.717, 1.165) is 11.3 Å². The van der Waals surface area contributed by atoms with Crippen LogP contribution in [0.2, 0.25) is 0 Å². The summed E-state index contributed by atoms with van der Waals surface area (Å²) < 4.78 is 57.4. The van der Waals surface area contributed by atoms with Crippen molar-refractivity contribution in [3.8, 4) is 0 Å². The minimum absolute atomic E-state index is 0.0856. The summed E-state index contributed by atoms with van der Waals surface area (Å²) in [6.07, 6.45) is -2.82. The molecule has 0 N–H and O–H groups in total. The highest BCUT2D eigenvalue weighted by atomic mass is 32.2. The topological polar surface area (TPSA) is 80.1 Å². The zero-order valence-electron chi connectivity index (χ0n) is 11.9. The number of fused-ring (bicyclic) bond motifs is 1. The Labute approximate surface area is 135 Å². The summed E-state index contributed by atoms with van der Waals surface area (Å²) in [5, 5.41) is 0. The van der Waals surface area contributed by atoms with Gasteiger partial charge in [0.15, 0.2) is 10.3 Å². The fraction of sp³-hybridized carbons (Fsp3) is 0.583. The highest BCUT2D eigenvalue weighted by Gasteiger charge is 2.40. The van der Waals surface area contributed by atoms with Crippen molar-refractivity contribution in [1.29, 1.82) is 0 Å². The van der Waals surface area contributed by atoms with Crippen molar-refractivity contribution in [1.82, 2.24) is 14.5 Å². The van der Waals surface area contributed by atoms with Crippen LogP contribution in [0.15, 0.2) is 9.13 Å². The van der Waals surface area contributed by atoms with E-state index < -0.39 is 34.8 Å². The monoisotopic (exact) mass is 367 g/mol. The van der Waals surface area contributed by atoms with Gasteiger partial charge in [0.25, 0.3) is 5.56 Å². The molecular weight excluding hydrogens is 355 g/mol. The van der Waals surface area contributed by atoms with E-state index in [0.29, 0.717) is 17.4 Å². The summed E-state index contributed by atoms with van der Waals surface area (Å²) in [7, 11) is 0. The number of halogens is 3. The van der Waals surface area contributed by atoms with Crippen molar-refractivity contribution in [2.24, 2.45) is 0 Å². The van der Waals surface area contributed by atoms with E-state index in [1.54, 1.807) is 0 Å². The summed E-state index contributed by atoms with van der Waals surface area (Å²) in [6.45, 7) is 0.571. The van der Waals surface area contributed by atoms with Gasteiger partial charge in [0, 0.05) is 30.4 Å². The molecule has 1 unspecified atom stereocenters. The van der Waals surface area contributed by atoms with Gasteiger partial charge in [-0.3, -0.25) is 9.36 Å². The van der Waals surface area contributed by atoms with Crippen LogP contribution >= 0.6 is 11.3 Å². The van der Waals surface area contributed by atoms with Crippen LogP contribution in [0, 0.1) is 0 Å². The fourth-order valence-corrected chi connectivity index (χ4v) is 4.06. The van der Waals surface area contributed by atoms with E-state index >= 15 is 0 Å². The first-order valence-electron chi connectivity index (χ1n) is 6.70. The molecule has 1 aliphatic heterocycles. The number of hydrogen-bond acceptors (Lipinski definition) is 6. The normalized spacial score (nSPS) is 18.5. The summed E-state index contributed by atoms with van der Waals surface area (Å²) in [6, 6.07) is -0.637. The quantitative estimate of drug-likeness (QED) is 0.758. The third-order valence-corrected chi connectivity index (χ3v) is 5.78. The van der Waals surface area contributed by atoms with Gasteiger partial charge in [-0.1, -0.05) is 0 Å². The Bertz CT molecular complexity index is 781. The highest BCUT2D eigenvalue weighted by molar-refractivity contribution is 7.92. The molecule has 1 fully saturated rings. The highest BCUT2D eigenvalue weighted by Crippen LogP contribution is 2.33. The van der Waals surface area contributed by atoms with Gasteiger partial charge in [-0.25, -0.2) is 4.98 Å². The number of nitrogens with zero attached hydrogens (tertiary/aromatic N) is 3. The molecule has 0 aliphatic carbocycles. The molecule has 1 saturated heterocycles. The molecule has 126 valence electrons. The molecule has 3 rings (SSSR count). The summed E-state index contributed by atoms with van der Waals surface area (Å²) in [5.41, 5.74) is -1.01. The van der Waals surface area contributed by atoms with Gasteiger partial charge in [-0.15, -0.1) is 0 Å². The predicted molar refractivity (Wildman–Crippen MR) is 78.1 cm³/mol. The molecule has 0 bridgehead atoms.